The van der Waals surface area contributed by atoms with Crippen molar-refractivity contribution < 1.29 is 14.3 Å². The Kier molecular flexibility index (Phi) is 5.63. The Balaban J connectivity index is 1.29. The molecule has 0 amide bonds. The third kappa shape index (κ3) is 4.11. The minimum atomic E-state index is 0.0657. The molecular weight excluding hydrogens is 438 g/mol. The highest BCUT2D eigenvalue weighted by Gasteiger charge is 2.19. The second-order valence-corrected chi connectivity index (χ2v) is 8.82. The van der Waals surface area contributed by atoms with Crippen LogP contribution in [0.5, 0.6) is 11.5 Å². The Hall–Kier alpha value is -3.59. The van der Waals surface area contributed by atoms with E-state index in [9.17, 15) is 4.79 Å². The molecule has 4 aromatic rings. The molecule has 33 heavy (non-hydrogen) atoms. The first-order chi connectivity index (χ1) is 16.0. The molecule has 168 valence electrons. The first kappa shape index (κ1) is 21.3. The number of aryl methyl sites for hydroxylation is 1. The fourth-order valence-corrected chi connectivity index (χ4v) is 4.74. The highest BCUT2D eigenvalue weighted by Crippen LogP contribution is 2.33. The summed E-state index contributed by atoms with van der Waals surface area (Å²) in [5, 5.41) is 9.21. The van der Waals surface area contributed by atoms with Gasteiger partial charge >= 0.3 is 0 Å². The summed E-state index contributed by atoms with van der Waals surface area (Å²) >= 11 is 1.39. The van der Waals surface area contributed by atoms with E-state index >= 15 is 0 Å². The molecule has 5 rings (SSSR count). The van der Waals surface area contributed by atoms with Crippen molar-refractivity contribution in [2.24, 2.45) is 7.05 Å². The summed E-state index contributed by atoms with van der Waals surface area (Å²) in [6, 6.07) is 11.7. The SMILES string of the molecule is Cc1cc(C(=O)CSc2nnc(-c3cccnc3)n2C)c(C)n1Cc1ccc2c(c1)OCO2. The summed E-state index contributed by atoms with van der Waals surface area (Å²) < 4.78 is 14.9. The average molecular weight is 462 g/mol. The van der Waals surface area contributed by atoms with Crippen LogP contribution in [0.3, 0.4) is 0 Å². The van der Waals surface area contributed by atoms with Gasteiger partial charge in [-0.1, -0.05) is 17.8 Å². The Morgan fingerprint density at radius 1 is 1.12 bits per heavy atom. The number of benzene rings is 1. The van der Waals surface area contributed by atoms with Gasteiger partial charge in [0.1, 0.15) is 0 Å². The van der Waals surface area contributed by atoms with Crippen molar-refractivity contribution >= 4 is 17.5 Å². The van der Waals surface area contributed by atoms with Crippen molar-refractivity contribution in [3.05, 3.63) is 71.3 Å². The van der Waals surface area contributed by atoms with Crippen molar-refractivity contribution in [1.29, 1.82) is 0 Å². The fourth-order valence-electron chi connectivity index (χ4n) is 3.94. The summed E-state index contributed by atoms with van der Waals surface area (Å²) in [4.78, 5) is 17.2. The number of carbonyl (C=O) groups is 1. The second-order valence-electron chi connectivity index (χ2n) is 7.88. The van der Waals surface area contributed by atoms with Gasteiger partial charge in [0.15, 0.2) is 28.3 Å². The molecule has 8 nitrogen and oxygen atoms in total. The lowest BCUT2D eigenvalue weighted by molar-refractivity contribution is 0.102. The zero-order valence-corrected chi connectivity index (χ0v) is 19.4. The molecule has 0 aliphatic carbocycles. The zero-order chi connectivity index (χ0) is 22.9. The topological polar surface area (TPSA) is 84.1 Å². The molecule has 1 aliphatic rings. The van der Waals surface area contributed by atoms with E-state index in [1.165, 1.54) is 11.8 Å². The van der Waals surface area contributed by atoms with Gasteiger partial charge in [0.05, 0.1) is 5.75 Å². The van der Waals surface area contributed by atoms with Crippen molar-refractivity contribution in [2.45, 2.75) is 25.5 Å². The van der Waals surface area contributed by atoms with Crippen LogP contribution in [0.2, 0.25) is 0 Å². The van der Waals surface area contributed by atoms with Crippen LogP contribution in [0, 0.1) is 13.8 Å². The summed E-state index contributed by atoms with van der Waals surface area (Å²) in [5.74, 6) is 2.60. The number of Topliss-reactive ketones (excluding diaryl/α,β-unsaturated/α-hetero) is 1. The van der Waals surface area contributed by atoms with Gasteiger partial charge in [-0.15, -0.1) is 10.2 Å². The highest BCUT2D eigenvalue weighted by molar-refractivity contribution is 7.99. The number of thioether (sulfide) groups is 1. The van der Waals surface area contributed by atoms with Gasteiger partial charge in [-0.25, -0.2) is 0 Å². The predicted molar refractivity (Wildman–Crippen MR) is 125 cm³/mol. The van der Waals surface area contributed by atoms with Crippen molar-refractivity contribution in [3.8, 4) is 22.9 Å². The molecule has 0 spiro atoms. The number of ether oxygens (including phenoxy) is 2. The standard InChI is InChI=1S/C24H23N5O3S/c1-15-9-19(16(2)29(15)12-17-6-7-21-22(10-17)32-14-31-21)20(30)13-33-24-27-26-23(28(24)3)18-5-4-8-25-11-18/h4-11H,12-14H2,1-3H3. The highest BCUT2D eigenvalue weighted by atomic mass is 32.2. The molecule has 0 saturated heterocycles. The van der Waals surface area contributed by atoms with Crippen LogP contribution in [0.25, 0.3) is 11.4 Å². The lowest BCUT2D eigenvalue weighted by Crippen LogP contribution is -2.08. The van der Waals surface area contributed by atoms with E-state index in [0.717, 1.165) is 45.4 Å². The van der Waals surface area contributed by atoms with Crippen LogP contribution in [-0.4, -0.2) is 42.6 Å². The predicted octanol–water partition coefficient (Wildman–Crippen LogP) is 4.05. The van der Waals surface area contributed by atoms with Gasteiger partial charge in [-0.3, -0.25) is 9.78 Å². The van der Waals surface area contributed by atoms with E-state index in [1.54, 1.807) is 12.4 Å². The van der Waals surface area contributed by atoms with Gasteiger partial charge in [0.2, 0.25) is 6.79 Å². The summed E-state index contributed by atoms with van der Waals surface area (Å²) in [7, 11) is 1.90. The summed E-state index contributed by atoms with van der Waals surface area (Å²) in [6.07, 6.45) is 3.47. The van der Waals surface area contributed by atoms with Crippen LogP contribution in [-0.2, 0) is 13.6 Å². The third-order valence-electron chi connectivity index (χ3n) is 5.74. The van der Waals surface area contributed by atoms with Gasteiger partial charge in [0, 0.05) is 48.5 Å². The molecule has 1 aliphatic heterocycles. The minimum Gasteiger partial charge on any atom is -0.454 e. The molecule has 0 saturated carbocycles. The number of carbonyl (C=O) groups excluding carboxylic acids is 1. The first-order valence-electron chi connectivity index (χ1n) is 10.5. The molecule has 4 heterocycles. The number of aromatic nitrogens is 5. The Morgan fingerprint density at radius 3 is 2.79 bits per heavy atom. The Bertz CT molecular complexity index is 1330. The summed E-state index contributed by atoms with van der Waals surface area (Å²) in [5.41, 5.74) is 4.70. The van der Waals surface area contributed by atoms with Crippen molar-refractivity contribution in [2.75, 3.05) is 12.5 Å². The molecule has 0 atom stereocenters. The monoisotopic (exact) mass is 461 g/mol. The largest absolute Gasteiger partial charge is 0.454 e. The molecule has 0 fully saturated rings. The number of pyridine rings is 1. The molecule has 0 N–H and O–H groups in total. The normalized spacial score (nSPS) is 12.3. The van der Waals surface area contributed by atoms with Crippen molar-refractivity contribution in [1.82, 2.24) is 24.3 Å². The molecule has 1 aromatic carbocycles. The maximum absolute atomic E-state index is 13.1. The lowest BCUT2D eigenvalue weighted by Gasteiger charge is -2.10. The van der Waals surface area contributed by atoms with E-state index < -0.39 is 0 Å². The van der Waals surface area contributed by atoms with Crippen LogP contribution >= 0.6 is 11.8 Å². The van der Waals surface area contributed by atoms with E-state index in [1.807, 2.05) is 61.9 Å². The van der Waals surface area contributed by atoms with Crippen LogP contribution in [0.15, 0.2) is 53.9 Å². The van der Waals surface area contributed by atoms with E-state index in [4.69, 9.17) is 9.47 Å². The smallest absolute Gasteiger partial charge is 0.231 e. The molecule has 0 radical (unpaired) electrons. The molecule has 0 bridgehead atoms. The number of hydrogen-bond acceptors (Lipinski definition) is 7. The van der Waals surface area contributed by atoms with Crippen LogP contribution < -0.4 is 9.47 Å². The Morgan fingerprint density at radius 2 is 1.97 bits per heavy atom. The van der Waals surface area contributed by atoms with Gasteiger partial charge in [0.25, 0.3) is 0 Å². The minimum absolute atomic E-state index is 0.0657. The second kappa shape index (κ2) is 8.74. The van der Waals surface area contributed by atoms with E-state index in [2.05, 4.69) is 19.7 Å². The molecular formula is C24H23N5O3S. The average Bonchev–Trinajstić information content (AvgIpc) is 3.52. The number of rotatable bonds is 7. The maximum atomic E-state index is 13.1. The van der Waals surface area contributed by atoms with Gasteiger partial charge in [-0.2, -0.15) is 0 Å². The zero-order valence-electron chi connectivity index (χ0n) is 18.6. The van der Waals surface area contributed by atoms with Crippen LogP contribution in [0.1, 0.15) is 27.3 Å². The quantitative estimate of drug-likeness (QED) is 0.303. The fraction of sp³-hybridized carbons (Fsp3) is 0.250. The van der Waals surface area contributed by atoms with Crippen molar-refractivity contribution in [3.63, 3.8) is 0 Å². The maximum Gasteiger partial charge on any atom is 0.231 e. The number of nitrogens with zero attached hydrogens (tertiary/aromatic N) is 5. The van der Waals surface area contributed by atoms with Gasteiger partial charge in [-0.05, 0) is 49.7 Å². The van der Waals surface area contributed by atoms with E-state index in [0.29, 0.717) is 11.7 Å². The van der Waals surface area contributed by atoms with Gasteiger partial charge < -0.3 is 18.6 Å². The van der Waals surface area contributed by atoms with E-state index in [-0.39, 0.29) is 18.3 Å². The number of fused-ring (bicyclic) bond motifs is 1. The molecule has 0 unspecified atom stereocenters. The molecule has 3 aromatic heterocycles. The third-order valence-corrected chi connectivity index (χ3v) is 6.76. The first-order valence-corrected chi connectivity index (χ1v) is 11.5. The Labute approximate surface area is 195 Å². The molecule has 9 heteroatoms. The van der Waals surface area contributed by atoms with Crippen LogP contribution in [0.4, 0.5) is 0 Å². The number of ketones is 1. The lowest BCUT2D eigenvalue weighted by atomic mass is 10.1. The summed E-state index contributed by atoms with van der Waals surface area (Å²) in [6.45, 7) is 4.92. The number of hydrogen-bond donors (Lipinski definition) is 0.